The van der Waals surface area contributed by atoms with Gasteiger partial charge in [0.2, 0.25) is 11.8 Å². The molecule has 14 heteroatoms. The molecule has 2 N–H and O–H groups in total. The van der Waals surface area contributed by atoms with Crippen LogP contribution in [0.15, 0.2) is 82.6 Å². The number of benzene rings is 3. The van der Waals surface area contributed by atoms with Crippen molar-refractivity contribution in [1.82, 2.24) is 4.98 Å². The summed E-state index contributed by atoms with van der Waals surface area (Å²) in [5.74, 6) is -3.48. The standard InChI is InChI=1S/C29H19ClF3N3O5S2/c30-15-7-9-16(10-8-15)34-20(37)13-41-17-11-5-14(6-12-17)21-22-24(42-25-23(21)43-28(40)35-25)27(39)36(26(22)38)19-4-2-1-3-18(19)29(31,32)33/h1-12,21-22,24H,13H2,(H,34,37)(H,35,40)/t21-,22-,24+/m0/s1. The average molecular weight is 646 g/mol. The van der Waals surface area contributed by atoms with E-state index in [4.69, 9.17) is 16.3 Å². The summed E-state index contributed by atoms with van der Waals surface area (Å²) in [6, 6.07) is 17.4. The van der Waals surface area contributed by atoms with Gasteiger partial charge in [0.05, 0.1) is 22.2 Å². The van der Waals surface area contributed by atoms with Gasteiger partial charge in [0.1, 0.15) is 11.0 Å². The van der Waals surface area contributed by atoms with Gasteiger partial charge >= 0.3 is 11.0 Å². The molecule has 3 atom stereocenters. The molecule has 43 heavy (non-hydrogen) atoms. The van der Waals surface area contributed by atoms with Crippen molar-refractivity contribution in [3.63, 3.8) is 0 Å². The van der Waals surface area contributed by atoms with Crippen LogP contribution in [0.25, 0.3) is 0 Å². The molecule has 6 rings (SSSR count). The first kappa shape index (κ1) is 29.0. The number of rotatable bonds is 6. The normalized spacial score (nSPS) is 19.6. The number of hydrogen-bond acceptors (Lipinski definition) is 7. The number of carbonyl (C=O) groups is 3. The molecule has 3 amide bonds. The number of aromatic nitrogens is 1. The zero-order valence-electron chi connectivity index (χ0n) is 21.7. The molecule has 1 fully saturated rings. The third kappa shape index (κ3) is 5.55. The maximum Gasteiger partial charge on any atom is 0.418 e. The lowest BCUT2D eigenvalue weighted by Gasteiger charge is -2.29. The van der Waals surface area contributed by atoms with Crippen LogP contribution in [0.3, 0.4) is 0 Å². The monoisotopic (exact) mass is 645 g/mol. The molecule has 0 aliphatic carbocycles. The first-order valence-corrected chi connectivity index (χ1v) is 14.8. The Balaban J connectivity index is 1.27. The van der Waals surface area contributed by atoms with Crippen LogP contribution in [-0.2, 0) is 20.6 Å². The molecule has 0 unspecified atom stereocenters. The quantitative estimate of drug-likeness (QED) is 0.252. The molecule has 2 aliphatic heterocycles. The van der Waals surface area contributed by atoms with Crippen LogP contribution >= 0.6 is 34.7 Å². The summed E-state index contributed by atoms with van der Waals surface area (Å²) < 4.78 is 47.0. The van der Waals surface area contributed by atoms with E-state index in [1.807, 2.05) is 0 Å². The Hall–Kier alpha value is -4.07. The molecule has 1 aromatic heterocycles. The van der Waals surface area contributed by atoms with Gasteiger partial charge in [-0.25, -0.2) is 4.90 Å². The Labute approximate surface area is 254 Å². The molecule has 3 heterocycles. The number of fused-ring (bicyclic) bond motifs is 2. The number of H-pyrrole nitrogens is 1. The molecule has 0 saturated carbocycles. The molecular weight excluding hydrogens is 627 g/mol. The number of hydrogen-bond donors (Lipinski definition) is 2. The minimum atomic E-state index is -4.79. The van der Waals surface area contributed by atoms with Crippen molar-refractivity contribution in [3.05, 3.63) is 103 Å². The van der Waals surface area contributed by atoms with Gasteiger partial charge in [-0.2, -0.15) is 13.2 Å². The van der Waals surface area contributed by atoms with Crippen molar-refractivity contribution >= 4 is 63.8 Å². The summed E-state index contributed by atoms with van der Waals surface area (Å²) in [5, 5.41) is 2.55. The summed E-state index contributed by atoms with van der Waals surface area (Å²) in [6.07, 6.45) is -4.79. The smallest absolute Gasteiger partial charge is 0.418 e. The number of thiazole rings is 1. The summed E-state index contributed by atoms with van der Waals surface area (Å²) in [4.78, 5) is 55.4. The van der Waals surface area contributed by atoms with Crippen molar-refractivity contribution in [2.45, 2.75) is 22.4 Å². The highest BCUT2D eigenvalue weighted by molar-refractivity contribution is 8.00. The number of thioether (sulfide) groups is 1. The highest BCUT2D eigenvalue weighted by atomic mass is 35.5. The minimum Gasteiger partial charge on any atom is -0.484 e. The van der Waals surface area contributed by atoms with E-state index < -0.39 is 52.2 Å². The van der Waals surface area contributed by atoms with Crippen LogP contribution in [-0.4, -0.2) is 34.6 Å². The Morgan fingerprint density at radius 3 is 2.37 bits per heavy atom. The summed E-state index contributed by atoms with van der Waals surface area (Å²) in [5.41, 5.74) is -0.531. The predicted octanol–water partition coefficient (Wildman–Crippen LogP) is 5.92. The van der Waals surface area contributed by atoms with E-state index in [1.165, 1.54) is 12.1 Å². The van der Waals surface area contributed by atoms with Crippen LogP contribution in [0.4, 0.5) is 24.5 Å². The van der Waals surface area contributed by atoms with Gasteiger partial charge in [-0.3, -0.25) is 19.2 Å². The number of amides is 3. The zero-order chi connectivity index (χ0) is 30.5. The summed E-state index contributed by atoms with van der Waals surface area (Å²) in [6.45, 7) is -0.295. The van der Waals surface area contributed by atoms with Gasteiger partial charge in [0.15, 0.2) is 6.61 Å². The fourth-order valence-corrected chi connectivity index (χ4v) is 7.81. The van der Waals surface area contributed by atoms with Crippen LogP contribution < -0.4 is 19.8 Å². The second-order valence-electron chi connectivity index (χ2n) is 9.69. The fourth-order valence-electron chi connectivity index (χ4n) is 5.17. The van der Waals surface area contributed by atoms with E-state index >= 15 is 0 Å². The SMILES string of the molecule is O=C(COc1ccc([C@@H]2c3sc(=O)[nH]c3S[C@H]3C(=O)N(c4ccccc4C(F)(F)F)C(=O)[C@@H]23)cc1)Nc1ccc(Cl)cc1. The highest BCUT2D eigenvalue weighted by Gasteiger charge is 2.57. The molecule has 1 saturated heterocycles. The van der Waals surface area contributed by atoms with Gasteiger partial charge in [-0.05, 0) is 54.1 Å². The summed E-state index contributed by atoms with van der Waals surface area (Å²) in [7, 11) is 0. The number of halogens is 4. The largest absolute Gasteiger partial charge is 0.484 e. The lowest BCUT2D eigenvalue weighted by molar-refractivity contribution is -0.137. The number of para-hydroxylation sites is 1. The maximum absolute atomic E-state index is 13.8. The molecule has 220 valence electrons. The van der Waals surface area contributed by atoms with Crippen LogP contribution in [0.5, 0.6) is 5.75 Å². The number of imide groups is 1. The lowest BCUT2D eigenvalue weighted by Crippen LogP contribution is -2.33. The van der Waals surface area contributed by atoms with Crippen LogP contribution in [0.2, 0.25) is 5.02 Å². The van der Waals surface area contributed by atoms with E-state index in [-0.39, 0.29) is 11.5 Å². The zero-order valence-corrected chi connectivity index (χ0v) is 24.1. The molecule has 8 nitrogen and oxygen atoms in total. The highest BCUT2D eigenvalue weighted by Crippen LogP contribution is 2.54. The molecular formula is C29H19ClF3N3O5S2. The number of aromatic amines is 1. The fraction of sp³-hybridized carbons (Fsp3) is 0.172. The van der Waals surface area contributed by atoms with Crippen LogP contribution in [0, 0.1) is 5.92 Å². The molecule has 4 aromatic rings. The van der Waals surface area contributed by atoms with Crippen molar-refractivity contribution in [1.29, 1.82) is 0 Å². The molecule has 0 bridgehead atoms. The summed E-state index contributed by atoms with van der Waals surface area (Å²) >= 11 is 7.71. The topological polar surface area (TPSA) is 109 Å². The van der Waals surface area contributed by atoms with Crippen molar-refractivity contribution in [2.24, 2.45) is 5.92 Å². The second kappa shape index (κ2) is 11.2. The Morgan fingerprint density at radius 2 is 1.67 bits per heavy atom. The average Bonchev–Trinajstić information content (AvgIpc) is 3.47. The van der Waals surface area contributed by atoms with Crippen molar-refractivity contribution in [3.8, 4) is 5.75 Å². The number of nitrogens with one attached hydrogen (secondary N) is 2. The molecule has 2 aliphatic rings. The van der Waals surface area contributed by atoms with E-state index in [1.54, 1.807) is 48.5 Å². The number of nitrogens with zero attached hydrogens (tertiary/aromatic N) is 1. The molecule has 0 spiro atoms. The van der Waals surface area contributed by atoms with Gasteiger partial charge in [0.25, 0.3) is 5.91 Å². The predicted molar refractivity (Wildman–Crippen MR) is 156 cm³/mol. The van der Waals surface area contributed by atoms with Gasteiger partial charge in [0, 0.05) is 21.5 Å². The number of carbonyl (C=O) groups excluding carboxylic acids is 3. The first-order valence-electron chi connectivity index (χ1n) is 12.7. The van der Waals surface area contributed by atoms with E-state index in [2.05, 4.69) is 10.3 Å². The van der Waals surface area contributed by atoms with Crippen LogP contribution in [0.1, 0.15) is 21.9 Å². The van der Waals surface area contributed by atoms with Gasteiger partial charge in [-0.1, -0.05) is 59.0 Å². The van der Waals surface area contributed by atoms with E-state index in [0.29, 0.717) is 36.8 Å². The van der Waals surface area contributed by atoms with Gasteiger partial charge in [-0.15, -0.1) is 0 Å². The maximum atomic E-state index is 13.8. The van der Waals surface area contributed by atoms with Gasteiger partial charge < -0.3 is 15.0 Å². The third-order valence-corrected chi connectivity index (χ3v) is 9.66. The number of alkyl halides is 3. The molecule has 0 radical (unpaired) electrons. The van der Waals surface area contributed by atoms with E-state index in [0.717, 1.165) is 35.2 Å². The third-order valence-electron chi connectivity index (χ3n) is 7.01. The Bertz CT molecular complexity index is 1790. The number of ether oxygens (including phenoxy) is 1. The number of anilines is 2. The Morgan fingerprint density at radius 1 is 0.977 bits per heavy atom. The van der Waals surface area contributed by atoms with Crippen molar-refractivity contribution in [2.75, 3.05) is 16.8 Å². The minimum absolute atomic E-state index is 0.295. The first-order chi connectivity index (χ1) is 20.5. The second-order valence-corrected chi connectivity index (χ2v) is 12.3. The van der Waals surface area contributed by atoms with Crippen molar-refractivity contribution < 1.29 is 32.3 Å². The molecule has 3 aromatic carbocycles. The van der Waals surface area contributed by atoms with E-state index in [9.17, 15) is 32.3 Å². The lowest BCUT2D eigenvalue weighted by atomic mass is 9.83. The Kier molecular flexibility index (Phi) is 7.57.